The van der Waals surface area contributed by atoms with Gasteiger partial charge in [-0.3, -0.25) is 4.79 Å². The van der Waals surface area contributed by atoms with Gasteiger partial charge in [-0.15, -0.1) is 0 Å². The molecule has 0 spiro atoms. The molecule has 0 aliphatic rings. The van der Waals surface area contributed by atoms with E-state index < -0.39 is 23.5 Å². The van der Waals surface area contributed by atoms with E-state index in [0.29, 0.717) is 0 Å². The van der Waals surface area contributed by atoms with E-state index in [9.17, 15) is 13.6 Å². The van der Waals surface area contributed by atoms with Gasteiger partial charge in [0.05, 0.1) is 16.1 Å². The largest absolute Gasteiger partial charge is 0.481 e. The molecule has 0 bridgehead atoms. The molecule has 6 heteroatoms. The lowest BCUT2D eigenvalue weighted by atomic mass is 10.2. The minimum atomic E-state index is -0.978. The quantitative estimate of drug-likeness (QED) is 0.839. The van der Waals surface area contributed by atoms with Crippen molar-refractivity contribution in [3.05, 3.63) is 28.2 Å². The molecule has 3 nitrogen and oxygen atoms in total. The van der Waals surface area contributed by atoms with Crippen LogP contribution in [0.3, 0.4) is 0 Å². The predicted molar refractivity (Wildman–Crippen MR) is 59.3 cm³/mol. The van der Waals surface area contributed by atoms with Crippen molar-refractivity contribution in [2.75, 3.05) is 11.9 Å². The number of aliphatic carboxylic acids is 1. The fourth-order valence-electron chi connectivity index (χ4n) is 1.01. The molecule has 16 heavy (non-hydrogen) atoms. The van der Waals surface area contributed by atoms with Gasteiger partial charge in [0.15, 0.2) is 0 Å². The zero-order chi connectivity index (χ0) is 12.3. The molecular weight excluding hydrogens is 284 g/mol. The molecular formula is C10H10BrF2NO2. The smallest absolute Gasteiger partial charge is 0.308 e. The maximum atomic E-state index is 13.2. The first-order valence-corrected chi connectivity index (χ1v) is 5.32. The first kappa shape index (κ1) is 12.9. The number of nitrogens with one attached hydrogen (secondary N) is 1. The van der Waals surface area contributed by atoms with Crippen LogP contribution in [-0.2, 0) is 4.79 Å². The standard InChI is InChI=1S/C10H10BrF2NO2/c1-5(10(15)16)4-14-9-2-6(11)7(12)3-8(9)13/h2-3,5,14H,4H2,1H3,(H,15,16). The molecule has 0 amide bonds. The van der Waals surface area contributed by atoms with Gasteiger partial charge in [0.25, 0.3) is 0 Å². The second kappa shape index (κ2) is 5.25. The molecule has 0 saturated carbocycles. The zero-order valence-electron chi connectivity index (χ0n) is 8.43. The summed E-state index contributed by atoms with van der Waals surface area (Å²) in [5, 5.41) is 11.2. The Morgan fingerprint density at radius 2 is 2.12 bits per heavy atom. The first-order chi connectivity index (χ1) is 7.41. The van der Waals surface area contributed by atoms with E-state index in [1.54, 1.807) is 0 Å². The van der Waals surface area contributed by atoms with Gasteiger partial charge in [0.1, 0.15) is 11.6 Å². The maximum absolute atomic E-state index is 13.2. The van der Waals surface area contributed by atoms with Crippen LogP contribution in [0.25, 0.3) is 0 Å². The van der Waals surface area contributed by atoms with Gasteiger partial charge in [0, 0.05) is 12.6 Å². The van der Waals surface area contributed by atoms with Gasteiger partial charge < -0.3 is 10.4 Å². The van der Waals surface area contributed by atoms with Crippen LogP contribution in [0, 0.1) is 17.6 Å². The predicted octanol–water partition coefficient (Wildman–Crippen LogP) is 2.86. The van der Waals surface area contributed by atoms with Gasteiger partial charge in [-0.25, -0.2) is 8.78 Å². The molecule has 0 saturated heterocycles. The normalized spacial score (nSPS) is 12.2. The number of benzene rings is 1. The molecule has 1 rings (SSSR count). The molecule has 2 N–H and O–H groups in total. The van der Waals surface area contributed by atoms with Crippen molar-refractivity contribution in [3.63, 3.8) is 0 Å². The van der Waals surface area contributed by atoms with Crippen LogP contribution in [0.5, 0.6) is 0 Å². The number of carboxylic acid groups (broad SMARTS) is 1. The number of hydrogen-bond donors (Lipinski definition) is 2. The highest BCUT2D eigenvalue weighted by molar-refractivity contribution is 9.10. The monoisotopic (exact) mass is 293 g/mol. The van der Waals surface area contributed by atoms with Gasteiger partial charge in [0.2, 0.25) is 0 Å². The van der Waals surface area contributed by atoms with Crippen LogP contribution in [0.2, 0.25) is 0 Å². The van der Waals surface area contributed by atoms with Gasteiger partial charge in [-0.05, 0) is 22.0 Å². The summed E-state index contributed by atoms with van der Waals surface area (Å²) in [6.45, 7) is 1.57. The third kappa shape index (κ3) is 3.16. The molecule has 1 aromatic carbocycles. The van der Waals surface area contributed by atoms with Gasteiger partial charge in [-0.2, -0.15) is 0 Å². The number of hydrogen-bond acceptors (Lipinski definition) is 2. The van der Waals surface area contributed by atoms with Gasteiger partial charge in [-0.1, -0.05) is 6.92 Å². The van der Waals surface area contributed by atoms with Crippen molar-refractivity contribution >= 4 is 27.6 Å². The van der Waals surface area contributed by atoms with E-state index in [1.807, 2.05) is 0 Å². The van der Waals surface area contributed by atoms with Crippen molar-refractivity contribution < 1.29 is 18.7 Å². The molecule has 1 aromatic rings. The molecule has 0 heterocycles. The maximum Gasteiger partial charge on any atom is 0.308 e. The molecule has 0 radical (unpaired) electrons. The molecule has 0 fully saturated rings. The number of anilines is 1. The highest BCUT2D eigenvalue weighted by Crippen LogP contribution is 2.23. The fourth-order valence-corrected chi connectivity index (χ4v) is 1.35. The third-order valence-electron chi connectivity index (χ3n) is 2.03. The summed E-state index contributed by atoms with van der Waals surface area (Å²) in [5.41, 5.74) is 0.0707. The highest BCUT2D eigenvalue weighted by atomic mass is 79.9. The Hall–Kier alpha value is -1.17. The first-order valence-electron chi connectivity index (χ1n) is 4.53. The summed E-state index contributed by atoms with van der Waals surface area (Å²) in [7, 11) is 0. The lowest BCUT2D eigenvalue weighted by molar-refractivity contribution is -0.140. The molecule has 0 aromatic heterocycles. The van der Waals surface area contributed by atoms with Crippen molar-refractivity contribution in [3.8, 4) is 0 Å². The van der Waals surface area contributed by atoms with Crippen molar-refractivity contribution in [1.29, 1.82) is 0 Å². The van der Waals surface area contributed by atoms with Crippen LogP contribution in [0.4, 0.5) is 14.5 Å². The van der Waals surface area contributed by atoms with Crippen LogP contribution >= 0.6 is 15.9 Å². The van der Waals surface area contributed by atoms with E-state index in [-0.39, 0.29) is 16.7 Å². The second-order valence-corrected chi connectivity index (χ2v) is 4.22. The van der Waals surface area contributed by atoms with E-state index in [0.717, 1.165) is 6.07 Å². The lowest BCUT2D eigenvalue weighted by Crippen LogP contribution is -2.20. The highest BCUT2D eigenvalue weighted by Gasteiger charge is 2.13. The Kier molecular flexibility index (Phi) is 4.23. The Morgan fingerprint density at radius 1 is 1.50 bits per heavy atom. The van der Waals surface area contributed by atoms with Crippen LogP contribution in [0.15, 0.2) is 16.6 Å². The average Bonchev–Trinajstić information content (AvgIpc) is 2.20. The molecule has 0 aliphatic heterocycles. The van der Waals surface area contributed by atoms with E-state index in [1.165, 1.54) is 13.0 Å². The fraction of sp³-hybridized carbons (Fsp3) is 0.300. The van der Waals surface area contributed by atoms with E-state index in [2.05, 4.69) is 21.2 Å². The Bertz CT molecular complexity index is 412. The topological polar surface area (TPSA) is 49.3 Å². The summed E-state index contributed by atoms with van der Waals surface area (Å²) < 4.78 is 26.2. The number of carboxylic acids is 1. The van der Waals surface area contributed by atoms with Gasteiger partial charge >= 0.3 is 5.97 Å². The number of rotatable bonds is 4. The molecule has 0 aliphatic carbocycles. The van der Waals surface area contributed by atoms with Crippen molar-refractivity contribution in [1.82, 2.24) is 0 Å². The van der Waals surface area contributed by atoms with Crippen LogP contribution in [0.1, 0.15) is 6.92 Å². The summed E-state index contributed by atoms with van der Waals surface area (Å²) in [5.74, 6) is -3.08. The number of halogens is 3. The third-order valence-corrected chi connectivity index (χ3v) is 2.64. The molecule has 1 atom stereocenters. The average molecular weight is 294 g/mol. The van der Waals surface area contributed by atoms with Crippen LogP contribution < -0.4 is 5.32 Å². The molecule has 1 unspecified atom stereocenters. The summed E-state index contributed by atoms with van der Waals surface area (Å²) in [4.78, 5) is 10.5. The minimum Gasteiger partial charge on any atom is -0.481 e. The minimum absolute atomic E-state index is 0.0707. The molecule has 88 valence electrons. The van der Waals surface area contributed by atoms with Crippen LogP contribution in [-0.4, -0.2) is 17.6 Å². The summed E-state index contributed by atoms with van der Waals surface area (Å²) in [6, 6.07) is 1.97. The second-order valence-electron chi connectivity index (χ2n) is 3.37. The Morgan fingerprint density at radius 3 is 2.69 bits per heavy atom. The number of carbonyl (C=O) groups is 1. The lowest BCUT2D eigenvalue weighted by Gasteiger charge is -2.11. The SMILES string of the molecule is CC(CNc1cc(Br)c(F)cc1F)C(=O)O. The Balaban J connectivity index is 2.74. The summed E-state index contributed by atoms with van der Waals surface area (Å²) >= 11 is 2.92. The van der Waals surface area contributed by atoms with E-state index in [4.69, 9.17) is 5.11 Å². The van der Waals surface area contributed by atoms with Crippen molar-refractivity contribution in [2.45, 2.75) is 6.92 Å². The Labute approximate surface area is 99.6 Å². The van der Waals surface area contributed by atoms with Crippen molar-refractivity contribution in [2.24, 2.45) is 5.92 Å². The van der Waals surface area contributed by atoms with E-state index >= 15 is 0 Å². The summed E-state index contributed by atoms with van der Waals surface area (Å²) in [6.07, 6.45) is 0. The zero-order valence-corrected chi connectivity index (χ0v) is 10.0.